The fourth-order valence-corrected chi connectivity index (χ4v) is 5.17. The maximum Gasteiger partial charge on any atom is 0.410 e. The van der Waals surface area contributed by atoms with E-state index in [2.05, 4.69) is 17.0 Å². The summed E-state index contributed by atoms with van der Waals surface area (Å²) in [6.07, 6.45) is 1.76. The van der Waals surface area contributed by atoms with Crippen molar-refractivity contribution in [3.63, 3.8) is 0 Å². The van der Waals surface area contributed by atoms with Gasteiger partial charge in [0.05, 0.1) is 0 Å². The largest absolute Gasteiger partial charge is 0.444 e. The Morgan fingerprint density at radius 2 is 1.97 bits per heavy atom. The van der Waals surface area contributed by atoms with Crippen LogP contribution in [0.15, 0.2) is 36.4 Å². The number of hydrogen-bond donors (Lipinski definition) is 0. The first kappa shape index (κ1) is 18.5. The van der Waals surface area contributed by atoms with E-state index in [-0.39, 0.29) is 17.8 Å². The number of ether oxygens (including phenoxy) is 1. The molecule has 0 N–H and O–H groups in total. The Morgan fingerprint density at radius 3 is 2.72 bits per heavy atom. The van der Waals surface area contributed by atoms with Gasteiger partial charge in [0.25, 0.3) is 0 Å². The van der Waals surface area contributed by atoms with E-state index >= 15 is 0 Å². The summed E-state index contributed by atoms with van der Waals surface area (Å²) < 4.78 is 19.4. The Morgan fingerprint density at radius 1 is 1.14 bits per heavy atom. The van der Waals surface area contributed by atoms with Crippen molar-refractivity contribution in [2.75, 3.05) is 24.5 Å². The minimum Gasteiger partial charge on any atom is -0.444 e. The van der Waals surface area contributed by atoms with Gasteiger partial charge in [0.15, 0.2) is 0 Å². The third-order valence-electron chi connectivity index (χ3n) is 6.31. The lowest BCUT2D eigenvalue weighted by Crippen LogP contribution is -2.49. The molecule has 2 atom stereocenters. The van der Waals surface area contributed by atoms with Crippen LogP contribution in [0, 0.1) is 5.82 Å². The topological polar surface area (TPSA) is 32.8 Å². The van der Waals surface area contributed by atoms with Gasteiger partial charge in [0, 0.05) is 37.3 Å². The van der Waals surface area contributed by atoms with Crippen LogP contribution in [0.25, 0.3) is 11.1 Å². The molecule has 1 saturated heterocycles. The average Bonchev–Trinajstić information content (AvgIpc) is 3.22. The zero-order valence-corrected chi connectivity index (χ0v) is 17.2. The third-order valence-corrected chi connectivity index (χ3v) is 6.31. The van der Waals surface area contributed by atoms with Gasteiger partial charge in [-0.15, -0.1) is 0 Å². The molecular formula is C24H27FN2O2. The SMILES string of the molecule is CC(C)(C)OC(=O)N1CCC2C(C1)c1cc(-c3cccc(F)c3)cc3c1N2CC3. The number of benzene rings is 2. The van der Waals surface area contributed by atoms with Crippen LogP contribution >= 0.6 is 0 Å². The van der Waals surface area contributed by atoms with Crippen LogP contribution in [0.2, 0.25) is 0 Å². The molecule has 3 aliphatic rings. The van der Waals surface area contributed by atoms with Crippen LogP contribution < -0.4 is 4.90 Å². The van der Waals surface area contributed by atoms with Crippen molar-refractivity contribution < 1.29 is 13.9 Å². The quantitative estimate of drug-likeness (QED) is 0.685. The molecule has 4 nitrogen and oxygen atoms in total. The highest BCUT2D eigenvalue weighted by atomic mass is 19.1. The molecule has 1 fully saturated rings. The molecule has 0 saturated carbocycles. The second-order valence-electron chi connectivity index (χ2n) is 9.42. The number of carbonyl (C=O) groups excluding carboxylic acids is 1. The van der Waals surface area contributed by atoms with Gasteiger partial charge in [-0.3, -0.25) is 0 Å². The number of anilines is 1. The first-order valence-corrected chi connectivity index (χ1v) is 10.5. The zero-order chi connectivity index (χ0) is 20.3. The van der Waals surface area contributed by atoms with Crippen LogP contribution in [-0.4, -0.2) is 42.3 Å². The van der Waals surface area contributed by atoms with E-state index in [1.165, 1.54) is 22.9 Å². The molecule has 0 spiro atoms. The molecule has 1 amide bonds. The molecule has 3 aliphatic heterocycles. The lowest BCUT2D eigenvalue weighted by atomic mass is 9.86. The summed E-state index contributed by atoms with van der Waals surface area (Å²) in [5, 5.41) is 0. The Balaban J connectivity index is 1.49. The molecule has 0 radical (unpaired) electrons. The third kappa shape index (κ3) is 3.17. The number of hydrogen-bond acceptors (Lipinski definition) is 3. The number of halogens is 1. The van der Waals surface area contributed by atoms with Crippen LogP contribution in [0.3, 0.4) is 0 Å². The molecule has 0 aliphatic carbocycles. The lowest BCUT2D eigenvalue weighted by Gasteiger charge is -2.38. The number of rotatable bonds is 1. The number of piperidine rings is 1. The Labute approximate surface area is 171 Å². The van der Waals surface area contributed by atoms with Gasteiger partial charge in [0.1, 0.15) is 11.4 Å². The van der Waals surface area contributed by atoms with Crippen molar-refractivity contribution in [3.05, 3.63) is 53.3 Å². The van der Waals surface area contributed by atoms with Gasteiger partial charge in [-0.05, 0) is 80.1 Å². The van der Waals surface area contributed by atoms with Crippen LogP contribution in [0.5, 0.6) is 0 Å². The van der Waals surface area contributed by atoms with Crippen molar-refractivity contribution in [1.29, 1.82) is 0 Å². The summed E-state index contributed by atoms with van der Waals surface area (Å²) in [4.78, 5) is 17.0. The minimum atomic E-state index is -0.489. The molecule has 2 unspecified atom stereocenters. The number of fused-ring (bicyclic) bond motifs is 3. The maximum absolute atomic E-state index is 13.8. The van der Waals surface area contributed by atoms with E-state index in [0.717, 1.165) is 37.1 Å². The van der Waals surface area contributed by atoms with E-state index < -0.39 is 5.60 Å². The summed E-state index contributed by atoms with van der Waals surface area (Å²) in [6.45, 7) is 8.14. The predicted molar refractivity (Wildman–Crippen MR) is 112 cm³/mol. The first-order valence-electron chi connectivity index (χ1n) is 10.5. The van der Waals surface area contributed by atoms with Gasteiger partial charge < -0.3 is 14.5 Å². The highest BCUT2D eigenvalue weighted by Gasteiger charge is 2.46. The Bertz CT molecular complexity index is 981. The van der Waals surface area contributed by atoms with Crippen molar-refractivity contribution in [2.24, 2.45) is 0 Å². The second-order valence-corrected chi connectivity index (χ2v) is 9.42. The summed E-state index contributed by atoms with van der Waals surface area (Å²) in [6, 6.07) is 11.7. The van der Waals surface area contributed by atoms with Crippen LogP contribution in [0.4, 0.5) is 14.9 Å². The molecule has 0 bridgehead atoms. The standard InChI is InChI=1S/C24H27FN2O2/c1-24(2,3)29-23(28)26-9-8-21-20(14-26)19-13-17(15-5-4-6-18(25)12-15)11-16-7-10-27(21)22(16)19/h4-6,11-13,20-21H,7-10,14H2,1-3H3. The highest BCUT2D eigenvalue weighted by Crippen LogP contribution is 2.50. The molecular weight excluding hydrogens is 367 g/mol. The van der Waals surface area contributed by atoms with Gasteiger partial charge in [-0.2, -0.15) is 0 Å². The van der Waals surface area contributed by atoms with Crippen molar-refractivity contribution >= 4 is 11.8 Å². The van der Waals surface area contributed by atoms with E-state index in [9.17, 15) is 9.18 Å². The fourth-order valence-electron chi connectivity index (χ4n) is 5.17. The van der Waals surface area contributed by atoms with Crippen molar-refractivity contribution in [2.45, 2.75) is 51.2 Å². The summed E-state index contributed by atoms with van der Waals surface area (Å²) in [5.41, 5.74) is 5.49. The minimum absolute atomic E-state index is 0.215. The summed E-state index contributed by atoms with van der Waals surface area (Å²) in [7, 11) is 0. The highest BCUT2D eigenvalue weighted by molar-refractivity contribution is 5.78. The Hall–Kier alpha value is -2.56. The maximum atomic E-state index is 13.8. The van der Waals surface area contributed by atoms with Gasteiger partial charge in [-0.25, -0.2) is 9.18 Å². The second kappa shape index (κ2) is 6.48. The predicted octanol–water partition coefficient (Wildman–Crippen LogP) is 4.96. The molecule has 0 aromatic heterocycles. The average molecular weight is 394 g/mol. The number of carbonyl (C=O) groups is 1. The number of likely N-dealkylation sites (tertiary alicyclic amines) is 1. The molecule has 2 aromatic carbocycles. The van der Waals surface area contributed by atoms with Crippen molar-refractivity contribution in [3.8, 4) is 11.1 Å². The molecule has 3 heterocycles. The van der Waals surface area contributed by atoms with Gasteiger partial charge in [0.2, 0.25) is 0 Å². The van der Waals surface area contributed by atoms with Gasteiger partial charge >= 0.3 is 6.09 Å². The van der Waals surface area contributed by atoms with Gasteiger partial charge in [-0.1, -0.05) is 12.1 Å². The zero-order valence-electron chi connectivity index (χ0n) is 17.2. The molecule has 5 heteroatoms. The molecule has 5 rings (SSSR count). The van der Waals surface area contributed by atoms with Crippen LogP contribution in [-0.2, 0) is 11.2 Å². The number of nitrogens with zero attached hydrogens (tertiary/aromatic N) is 2. The normalized spacial score (nSPS) is 22.5. The summed E-state index contributed by atoms with van der Waals surface area (Å²) >= 11 is 0. The fraction of sp³-hybridized carbons (Fsp3) is 0.458. The van der Waals surface area contributed by atoms with E-state index in [1.54, 1.807) is 12.1 Å². The van der Waals surface area contributed by atoms with E-state index in [0.29, 0.717) is 12.6 Å². The lowest BCUT2D eigenvalue weighted by molar-refractivity contribution is 0.0189. The molecule has 2 aromatic rings. The molecule has 29 heavy (non-hydrogen) atoms. The van der Waals surface area contributed by atoms with E-state index in [1.807, 2.05) is 31.7 Å². The monoisotopic (exact) mass is 394 g/mol. The Kier molecular flexibility index (Phi) is 4.12. The van der Waals surface area contributed by atoms with Crippen LogP contribution in [0.1, 0.15) is 44.2 Å². The van der Waals surface area contributed by atoms with Crippen molar-refractivity contribution in [1.82, 2.24) is 4.90 Å². The van der Waals surface area contributed by atoms with E-state index in [4.69, 9.17) is 4.74 Å². The molecule has 152 valence electrons. The smallest absolute Gasteiger partial charge is 0.410 e. The summed E-state index contributed by atoms with van der Waals surface area (Å²) in [5.74, 6) is 0.0616. The first-order chi connectivity index (χ1) is 13.8. The number of amides is 1.